The van der Waals surface area contributed by atoms with E-state index < -0.39 is 26.2 Å². The third-order valence-electron chi connectivity index (χ3n) is 2.44. The molecule has 0 radical (unpaired) electrons. The van der Waals surface area contributed by atoms with Gasteiger partial charge in [-0.15, -0.1) is 0 Å². The minimum Gasteiger partial charge on any atom is -0.292 e. The van der Waals surface area contributed by atoms with Crippen molar-refractivity contribution >= 4 is 15.6 Å². The monoisotopic (exact) mass is 245 g/mol. The number of ketones is 1. The average molecular weight is 245 g/mol. The van der Waals surface area contributed by atoms with Crippen molar-refractivity contribution in [3.63, 3.8) is 0 Å². The van der Waals surface area contributed by atoms with Crippen molar-refractivity contribution in [1.29, 1.82) is 0 Å². The Hall–Kier alpha value is -1.30. The fourth-order valence-corrected chi connectivity index (χ4v) is 1.51. The van der Waals surface area contributed by atoms with Crippen LogP contribution in [-0.2, 0) is 9.84 Å². The van der Waals surface area contributed by atoms with Crippen molar-refractivity contribution in [2.24, 2.45) is 0 Å². The lowest BCUT2D eigenvalue weighted by atomic mass is 10.0. The molecule has 0 saturated carbocycles. The van der Waals surface area contributed by atoms with Crippen molar-refractivity contribution in [3.8, 4) is 0 Å². The Labute approximate surface area is 93.4 Å². The van der Waals surface area contributed by atoms with Gasteiger partial charge < -0.3 is 0 Å². The predicted octanol–water partition coefficient (Wildman–Crippen LogP) is 1.23. The summed E-state index contributed by atoms with van der Waals surface area (Å²) >= 11 is 0. The molecule has 0 atom stereocenters. The van der Waals surface area contributed by atoms with E-state index in [9.17, 15) is 17.6 Å². The van der Waals surface area contributed by atoms with E-state index in [2.05, 4.69) is 4.98 Å². The number of hydrogen-bond acceptors (Lipinski definition) is 4. The number of carbonyl (C=O) groups is 1. The number of hydrogen-bond donors (Lipinski definition) is 0. The van der Waals surface area contributed by atoms with Gasteiger partial charge in [-0.3, -0.25) is 9.78 Å². The van der Waals surface area contributed by atoms with Crippen LogP contribution in [0.5, 0.6) is 0 Å². The van der Waals surface area contributed by atoms with Crippen LogP contribution in [0, 0.1) is 5.82 Å². The van der Waals surface area contributed by atoms with Crippen LogP contribution in [0.1, 0.15) is 24.2 Å². The Morgan fingerprint density at radius 3 is 2.38 bits per heavy atom. The first kappa shape index (κ1) is 12.8. The summed E-state index contributed by atoms with van der Waals surface area (Å²) < 4.78 is 34.1. The second kappa shape index (κ2) is 3.93. The molecule has 88 valence electrons. The second-order valence-corrected chi connectivity index (χ2v) is 6.57. The quantitative estimate of drug-likeness (QED) is 0.751. The summed E-state index contributed by atoms with van der Waals surface area (Å²) in [6, 6.07) is 0.974. The summed E-state index contributed by atoms with van der Waals surface area (Å²) in [5, 5.41) is 0. The zero-order chi connectivity index (χ0) is 12.6. The van der Waals surface area contributed by atoms with Crippen molar-refractivity contribution in [1.82, 2.24) is 4.98 Å². The van der Waals surface area contributed by atoms with E-state index in [1.807, 2.05) is 0 Å². The van der Waals surface area contributed by atoms with Gasteiger partial charge in [-0.25, -0.2) is 12.8 Å². The zero-order valence-corrected chi connectivity index (χ0v) is 10.0. The Balaban J connectivity index is 3.23. The van der Waals surface area contributed by atoms with Crippen LogP contribution in [0.15, 0.2) is 18.5 Å². The largest absolute Gasteiger partial charge is 0.292 e. The van der Waals surface area contributed by atoms with Crippen molar-refractivity contribution < 1.29 is 17.6 Å². The van der Waals surface area contributed by atoms with Crippen molar-refractivity contribution in [2.45, 2.75) is 18.6 Å². The number of carbonyl (C=O) groups excluding carboxylic acids is 1. The molecular weight excluding hydrogens is 233 g/mol. The predicted molar refractivity (Wildman–Crippen MR) is 57.4 cm³/mol. The summed E-state index contributed by atoms with van der Waals surface area (Å²) in [6.07, 6.45) is 3.07. The SMILES string of the molecule is CC(C)(C(=O)c1cncc(F)c1)S(C)(=O)=O. The molecule has 0 fully saturated rings. The second-order valence-electron chi connectivity index (χ2n) is 4.00. The average Bonchev–Trinajstić information content (AvgIpc) is 2.14. The highest BCUT2D eigenvalue weighted by Gasteiger charge is 2.39. The molecule has 0 saturated heterocycles. The van der Waals surface area contributed by atoms with Gasteiger partial charge in [0.15, 0.2) is 15.6 Å². The fourth-order valence-electron chi connectivity index (χ4n) is 1.05. The van der Waals surface area contributed by atoms with Crippen LogP contribution in [0.3, 0.4) is 0 Å². The molecule has 0 aliphatic rings. The number of pyridine rings is 1. The summed E-state index contributed by atoms with van der Waals surface area (Å²) in [5.74, 6) is -1.34. The van der Waals surface area contributed by atoms with E-state index in [1.165, 1.54) is 13.8 Å². The molecule has 6 heteroatoms. The molecule has 0 amide bonds. The summed E-state index contributed by atoms with van der Waals surface area (Å²) in [5.41, 5.74) is -0.0459. The lowest BCUT2D eigenvalue weighted by molar-refractivity contribution is 0.0953. The van der Waals surface area contributed by atoms with Crippen molar-refractivity contribution in [3.05, 3.63) is 29.8 Å². The standard InChI is InChI=1S/C10H12FNO3S/c1-10(2,16(3,14)15)9(13)7-4-8(11)6-12-5-7/h4-6H,1-3H3. The number of Topliss-reactive ketones (excluding diaryl/α,β-unsaturated/α-hetero) is 1. The third-order valence-corrected chi connectivity index (χ3v) is 4.48. The van der Waals surface area contributed by atoms with Crippen LogP contribution in [0.25, 0.3) is 0 Å². The smallest absolute Gasteiger partial charge is 0.185 e. The van der Waals surface area contributed by atoms with E-state index >= 15 is 0 Å². The van der Waals surface area contributed by atoms with Crippen LogP contribution < -0.4 is 0 Å². The lowest BCUT2D eigenvalue weighted by Crippen LogP contribution is -2.40. The molecule has 0 aliphatic heterocycles. The van der Waals surface area contributed by atoms with Gasteiger partial charge in [0.05, 0.1) is 6.20 Å². The van der Waals surface area contributed by atoms with Gasteiger partial charge >= 0.3 is 0 Å². The Bertz CT molecular complexity index is 523. The molecule has 4 nitrogen and oxygen atoms in total. The van der Waals surface area contributed by atoms with E-state index in [-0.39, 0.29) is 5.56 Å². The minimum absolute atomic E-state index is 0.0459. The van der Waals surface area contributed by atoms with Crippen LogP contribution >= 0.6 is 0 Å². The topological polar surface area (TPSA) is 64.1 Å². The van der Waals surface area contributed by atoms with Crippen LogP contribution in [0.4, 0.5) is 4.39 Å². The van der Waals surface area contributed by atoms with E-state index in [4.69, 9.17) is 0 Å². The molecule has 1 rings (SSSR count). The van der Waals surface area contributed by atoms with Gasteiger partial charge in [-0.1, -0.05) is 0 Å². The molecule has 0 bridgehead atoms. The van der Waals surface area contributed by atoms with Crippen LogP contribution in [0.2, 0.25) is 0 Å². The summed E-state index contributed by atoms with van der Waals surface area (Å²) in [7, 11) is -3.56. The van der Waals surface area contributed by atoms with Gasteiger partial charge in [-0.05, 0) is 19.9 Å². The van der Waals surface area contributed by atoms with Crippen molar-refractivity contribution in [2.75, 3.05) is 6.26 Å². The first-order valence-corrected chi connectivity index (χ1v) is 6.40. The Kier molecular flexibility index (Phi) is 3.14. The summed E-state index contributed by atoms with van der Waals surface area (Å²) in [6.45, 7) is 2.57. The first-order chi connectivity index (χ1) is 7.16. The minimum atomic E-state index is -3.56. The Morgan fingerprint density at radius 1 is 1.38 bits per heavy atom. The van der Waals surface area contributed by atoms with Crippen LogP contribution in [-0.4, -0.2) is 30.2 Å². The first-order valence-electron chi connectivity index (χ1n) is 4.51. The Morgan fingerprint density at radius 2 is 1.94 bits per heavy atom. The zero-order valence-electron chi connectivity index (χ0n) is 9.19. The van der Waals surface area contributed by atoms with Gasteiger partial charge in [0.25, 0.3) is 0 Å². The number of rotatable bonds is 3. The maximum absolute atomic E-state index is 12.8. The molecule has 0 unspecified atom stereocenters. The highest BCUT2D eigenvalue weighted by Crippen LogP contribution is 2.21. The van der Waals surface area contributed by atoms with E-state index in [0.29, 0.717) is 0 Å². The van der Waals surface area contributed by atoms with E-state index in [0.717, 1.165) is 24.7 Å². The molecular formula is C10H12FNO3S. The number of nitrogens with zero attached hydrogens (tertiary/aromatic N) is 1. The molecule has 1 heterocycles. The molecule has 0 aromatic carbocycles. The number of aromatic nitrogens is 1. The molecule has 0 N–H and O–H groups in total. The molecule has 1 aromatic rings. The van der Waals surface area contributed by atoms with Gasteiger partial charge in [0.2, 0.25) is 0 Å². The molecule has 16 heavy (non-hydrogen) atoms. The maximum Gasteiger partial charge on any atom is 0.185 e. The maximum atomic E-state index is 12.8. The van der Waals surface area contributed by atoms with Gasteiger partial charge in [0, 0.05) is 18.0 Å². The fraction of sp³-hybridized carbons (Fsp3) is 0.400. The highest BCUT2D eigenvalue weighted by molar-refractivity contribution is 7.92. The third kappa shape index (κ3) is 2.27. The number of halogens is 1. The lowest BCUT2D eigenvalue weighted by Gasteiger charge is -2.20. The van der Waals surface area contributed by atoms with Gasteiger partial charge in [0.1, 0.15) is 10.6 Å². The van der Waals surface area contributed by atoms with E-state index in [1.54, 1.807) is 0 Å². The molecule has 0 aliphatic carbocycles. The normalized spacial score (nSPS) is 12.5. The highest BCUT2D eigenvalue weighted by atomic mass is 32.2. The molecule has 0 spiro atoms. The molecule has 1 aromatic heterocycles. The summed E-state index contributed by atoms with van der Waals surface area (Å²) in [4.78, 5) is 15.4. The number of sulfone groups is 1. The van der Waals surface area contributed by atoms with Gasteiger partial charge in [-0.2, -0.15) is 0 Å².